The van der Waals surface area contributed by atoms with Crippen molar-refractivity contribution in [1.29, 1.82) is 0 Å². The van der Waals surface area contributed by atoms with Crippen LogP contribution in [0.1, 0.15) is 10.4 Å². The zero-order valence-electron chi connectivity index (χ0n) is 9.78. The number of hydrogen-bond acceptors (Lipinski definition) is 3. The second-order valence-corrected chi connectivity index (χ2v) is 4.61. The summed E-state index contributed by atoms with van der Waals surface area (Å²) in [5.74, 6) is 5.02. The molecule has 0 saturated carbocycles. The minimum atomic E-state index is -0.344. The molecule has 4 nitrogen and oxygen atoms in total. The summed E-state index contributed by atoms with van der Waals surface area (Å²) in [6, 6.07) is 11.8. The van der Waals surface area contributed by atoms with Crippen molar-refractivity contribution in [2.24, 2.45) is 5.84 Å². The third-order valence-electron chi connectivity index (χ3n) is 2.50. The smallest absolute Gasteiger partial charge is 0.257 e. The number of nitrogen functional groups attached to an aromatic ring is 1. The third-order valence-corrected chi connectivity index (χ3v) is 3.07. The lowest BCUT2D eigenvalue weighted by atomic mass is 10.1. The van der Waals surface area contributed by atoms with Gasteiger partial charge < -0.3 is 10.7 Å². The van der Waals surface area contributed by atoms with Crippen molar-refractivity contribution in [2.75, 3.05) is 10.7 Å². The van der Waals surface area contributed by atoms with E-state index in [0.29, 0.717) is 27.0 Å². The first-order chi connectivity index (χ1) is 9.11. The maximum absolute atomic E-state index is 12.2. The van der Waals surface area contributed by atoms with Crippen molar-refractivity contribution in [3.05, 3.63) is 58.1 Å². The van der Waals surface area contributed by atoms with E-state index in [1.165, 1.54) is 6.07 Å². The molecule has 0 saturated heterocycles. The molecule has 0 unspecified atom stereocenters. The molecule has 1 amide bonds. The predicted octanol–water partition coefficient (Wildman–Crippen LogP) is 3.53. The van der Waals surface area contributed by atoms with E-state index < -0.39 is 0 Å². The van der Waals surface area contributed by atoms with Gasteiger partial charge in [0.15, 0.2) is 0 Å². The van der Waals surface area contributed by atoms with E-state index in [1.807, 2.05) is 0 Å². The highest BCUT2D eigenvalue weighted by molar-refractivity contribution is 6.34. The fourth-order valence-corrected chi connectivity index (χ4v) is 1.94. The monoisotopic (exact) mass is 295 g/mol. The molecule has 2 aromatic carbocycles. The minimum absolute atomic E-state index is 0.343. The molecule has 98 valence electrons. The van der Waals surface area contributed by atoms with Gasteiger partial charge in [-0.3, -0.25) is 10.6 Å². The van der Waals surface area contributed by atoms with Crippen LogP contribution in [0.25, 0.3) is 0 Å². The van der Waals surface area contributed by atoms with E-state index in [2.05, 4.69) is 10.7 Å². The van der Waals surface area contributed by atoms with Gasteiger partial charge in [0.25, 0.3) is 5.91 Å². The van der Waals surface area contributed by atoms with Crippen LogP contribution in [0.4, 0.5) is 11.4 Å². The van der Waals surface area contributed by atoms with Gasteiger partial charge >= 0.3 is 0 Å². The van der Waals surface area contributed by atoms with Gasteiger partial charge in [-0.1, -0.05) is 35.3 Å². The molecule has 6 heteroatoms. The number of para-hydroxylation sites is 1. The number of benzene rings is 2. The zero-order chi connectivity index (χ0) is 13.8. The lowest BCUT2D eigenvalue weighted by Gasteiger charge is -2.11. The Hall–Kier alpha value is -1.75. The first-order valence-corrected chi connectivity index (χ1v) is 6.19. The minimum Gasteiger partial charge on any atom is -0.323 e. The van der Waals surface area contributed by atoms with E-state index >= 15 is 0 Å². The van der Waals surface area contributed by atoms with Gasteiger partial charge in [0, 0.05) is 5.02 Å². The van der Waals surface area contributed by atoms with Crippen molar-refractivity contribution in [2.45, 2.75) is 0 Å². The van der Waals surface area contributed by atoms with Crippen LogP contribution in [0, 0.1) is 0 Å². The molecule has 0 bridgehead atoms. The predicted molar refractivity (Wildman–Crippen MR) is 78.7 cm³/mol. The zero-order valence-corrected chi connectivity index (χ0v) is 11.3. The molecular weight excluding hydrogens is 285 g/mol. The fourth-order valence-electron chi connectivity index (χ4n) is 1.58. The van der Waals surface area contributed by atoms with Crippen molar-refractivity contribution in [3.8, 4) is 0 Å². The summed E-state index contributed by atoms with van der Waals surface area (Å²) >= 11 is 11.9. The van der Waals surface area contributed by atoms with E-state index in [4.69, 9.17) is 29.0 Å². The largest absolute Gasteiger partial charge is 0.323 e. The van der Waals surface area contributed by atoms with Crippen LogP contribution in [0.3, 0.4) is 0 Å². The molecule has 0 aromatic heterocycles. The number of hydrazine groups is 1. The lowest BCUT2D eigenvalue weighted by molar-refractivity contribution is 0.102. The number of amides is 1. The molecule has 0 aliphatic heterocycles. The number of rotatable bonds is 3. The number of halogens is 2. The first-order valence-electron chi connectivity index (χ1n) is 5.44. The molecule has 2 aromatic rings. The van der Waals surface area contributed by atoms with Gasteiger partial charge in [0.1, 0.15) is 0 Å². The van der Waals surface area contributed by atoms with Crippen LogP contribution >= 0.6 is 23.2 Å². The molecule has 0 aliphatic carbocycles. The average molecular weight is 296 g/mol. The summed E-state index contributed by atoms with van der Waals surface area (Å²) in [4.78, 5) is 12.2. The summed E-state index contributed by atoms with van der Waals surface area (Å²) in [5, 5.41) is 3.61. The Bertz CT molecular complexity index is 617. The van der Waals surface area contributed by atoms with Crippen LogP contribution in [0.2, 0.25) is 10.0 Å². The standard InChI is InChI=1S/C13H11Cl2N3O/c14-8-5-6-11(18-16)9(7-8)13(19)17-12-4-2-1-3-10(12)15/h1-7,18H,16H2,(H,17,19). The van der Waals surface area contributed by atoms with E-state index in [9.17, 15) is 4.79 Å². The van der Waals surface area contributed by atoms with Crippen LogP contribution < -0.4 is 16.6 Å². The van der Waals surface area contributed by atoms with Crippen LogP contribution in [-0.4, -0.2) is 5.91 Å². The van der Waals surface area contributed by atoms with Crippen molar-refractivity contribution in [3.63, 3.8) is 0 Å². The topological polar surface area (TPSA) is 67.1 Å². The second-order valence-electron chi connectivity index (χ2n) is 3.77. The molecule has 0 heterocycles. The van der Waals surface area contributed by atoms with E-state index in [1.54, 1.807) is 36.4 Å². The highest BCUT2D eigenvalue weighted by atomic mass is 35.5. The third kappa shape index (κ3) is 3.17. The van der Waals surface area contributed by atoms with Gasteiger partial charge in [0.2, 0.25) is 0 Å². The summed E-state index contributed by atoms with van der Waals surface area (Å²) < 4.78 is 0. The molecule has 2 rings (SSSR count). The van der Waals surface area contributed by atoms with E-state index in [-0.39, 0.29) is 5.91 Å². The van der Waals surface area contributed by atoms with Crippen LogP contribution in [0.5, 0.6) is 0 Å². The van der Waals surface area contributed by atoms with Crippen molar-refractivity contribution in [1.82, 2.24) is 0 Å². The maximum Gasteiger partial charge on any atom is 0.257 e. The van der Waals surface area contributed by atoms with Crippen molar-refractivity contribution < 1.29 is 4.79 Å². The second kappa shape index (κ2) is 5.93. The number of carbonyl (C=O) groups is 1. The number of nitrogens with two attached hydrogens (primary N) is 1. The van der Waals surface area contributed by atoms with Gasteiger partial charge in [-0.05, 0) is 30.3 Å². The Labute approximate surface area is 120 Å². The highest BCUT2D eigenvalue weighted by Gasteiger charge is 2.13. The van der Waals surface area contributed by atoms with Gasteiger partial charge in [-0.25, -0.2) is 0 Å². The fraction of sp³-hybridized carbons (Fsp3) is 0. The van der Waals surface area contributed by atoms with Crippen LogP contribution in [-0.2, 0) is 0 Å². The summed E-state index contributed by atoms with van der Waals surface area (Å²) in [6.07, 6.45) is 0. The highest BCUT2D eigenvalue weighted by Crippen LogP contribution is 2.24. The quantitative estimate of drug-likeness (QED) is 0.599. The summed E-state index contributed by atoms with van der Waals surface area (Å²) in [7, 11) is 0. The molecule has 0 fully saturated rings. The normalized spacial score (nSPS) is 10.1. The Morgan fingerprint density at radius 3 is 2.47 bits per heavy atom. The first kappa shape index (κ1) is 13.7. The Morgan fingerprint density at radius 1 is 1.05 bits per heavy atom. The number of hydrogen-bond donors (Lipinski definition) is 3. The summed E-state index contributed by atoms with van der Waals surface area (Å²) in [5.41, 5.74) is 3.80. The Morgan fingerprint density at radius 2 is 1.79 bits per heavy atom. The van der Waals surface area contributed by atoms with Gasteiger partial charge in [-0.15, -0.1) is 0 Å². The maximum atomic E-state index is 12.2. The molecular formula is C13H11Cl2N3O. The van der Waals surface area contributed by atoms with Crippen molar-refractivity contribution >= 4 is 40.5 Å². The van der Waals surface area contributed by atoms with Gasteiger partial charge in [-0.2, -0.15) is 0 Å². The van der Waals surface area contributed by atoms with Gasteiger partial charge in [0.05, 0.1) is 22.0 Å². The molecule has 19 heavy (non-hydrogen) atoms. The number of nitrogens with one attached hydrogen (secondary N) is 2. The Balaban J connectivity index is 2.30. The molecule has 0 aliphatic rings. The Kier molecular flexibility index (Phi) is 4.27. The molecule has 0 radical (unpaired) electrons. The SMILES string of the molecule is NNc1ccc(Cl)cc1C(=O)Nc1ccccc1Cl. The molecule has 0 spiro atoms. The molecule has 4 N–H and O–H groups in total. The van der Waals surface area contributed by atoms with Crippen LogP contribution in [0.15, 0.2) is 42.5 Å². The van der Waals surface area contributed by atoms with E-state index in [0.717, 1.165) is 0 Å². The number of carbonyl (C=O) groups excluding carboxylic acids is 1. The molecule has 0 atom stereocenters. The lowest BCUT2D eigenvalue weighted by Crippen LogP contribution is -2.17. The number of anilines is 2. The average Bonchev–Trinajstić information content (AvgIpc) is 2.41. The summed E-state index contributed by atoms with van der Waals surface area (Å²) in [6.45, 7) is 0.